The highest BCUT2D eigenvalue weighted by molar-refractivity contribution is 7.16. The molecule has 8 heteroatoms. The van der Waals surface area contributed by atoms with Gasteiger partial charge in [0.1, 0.15) is 23.0 Å². The zero-order chi connectivity index (χ0) is 16.9. The summed E-state index contributed by atoms with van der Waals surface area (Å²) in [4.78, 5) is 34.6. The minimum absolute atomic E-state index is 0.00943. The van der Waals surface area contributed by atoms with Gasteiger partial charge in [-0.1, -0.05) is 0 Å². The van der Waals surface area contributed by atoms with Gasteiger partial charge in [0.2, 0.25) is 5.91 Å². The van der Waals surface area contributed by atoms with Gasteiger partial charge in [0.25, 0.3) is 0 Å². The van der Waals surface area contributed by atoms with Crippen LogP contribution < -0.4 is 10.2 Å². The molecular weight excluding hydrogens is 328 g/mol. The van der Waals surface area contributed by atoms with Crippen molar-refractivity contribution < 1.29 is 14.7 Å². The first-order valence-corrected chi connectivity index (χ1v) is 8.99. The van der Waals surface area contributed by atoms with Gasteiger partial charge in [0.05, 0.1) is 5.39 Å². The smallest absolute Gasteiger partial charge is 0.303 e. The highest BCUT2D eigenvalue weighted by Gasteiger charge is 2.32. The van der Waals surface area contributed by atoms with E-state index in [1.54, 1.807) is 17.7 Å². The third-order valence-electron chi connectivity index (χ3n) is 4.18. The molecule has 3 rings (SSSR count). The molecule has 1 unspecified atom stereocenters. The lowest BCUT2D eigenvalue weighted by molar-refractivity contribution is -0.137. The highest BCUT2D eigenvalue weighted by atomic mass is 32.1. The third kappa shape index (κ3) is 3.64. The largest absolute Gasteiger partial charge is 0.481 e. The Balaban J connectivity index is 1.62. The van der Waals surface area contributed by atoms with E-state index in [-0.39, 0.29) is 18.4 Å². The second-order valence-corrected chi connectivity index (χ2v) is 6.72. The topological polar surface area (TPSA) is 95.4 Å². The zero-order valence-electron chi connectivity index (χ0n) is 13.3. The molecule has 1 atom stereocenters. The van der Waals surface area contributed by atoms with Gasteiger partial charge < -0.3 is 15.3 Å². The maximum absolute atomic E-state index is 12.5. The van der Waals surface area contributed by atoms with Crippen molar-refractivity contribution in [3.05, 3.63) is 17.8 Å². The number of carboxylic acids is 1. The maximum Gasteiger partial charge on any atom is 0.303 e. The lowest BCUT2D eigenvalue weighted by Crippen LogP contribution is -2.44. The van der Waals surface area contributed by atoms with Gasteiger partial charge in [0, 0.05) is 19.5 Å². The SMILES string of the molecule is O=C(O)CCCCNC(=O)C1CCCN1c1ncnc2sccc12. The minimum atomic E-state index is -0.799. The molecule has 2 N–H and O–H groups in total. The Kier molecular flexibility index (Phi) is 5.24. The fourth-order valence-electron chi connectivity index (χ4n) is 3.03. The number of fused-ring (bicyclic) bond motifs is 1. The van der Waals surface area contributed by atoms with Crippen LogP contribution in [0.4, 0.5) is 5.82 Å². The number of carbonyl (C=O) groups is 2. The molecule has 2 aromatic heterocycles. The summed E-state index contributed by atoms with van der Waals surface area (Å²) in [5.74, 6) is 0.0152. The number of unbranched alkanes of at least 4 members (excludes halogenated alkanes) is 1. The number of thiophene rings is 1. The summed E-state index contributed by atoms with van der Waals surface area (Å²) in [6.45, 7) is 1.31. The molecule has 1 saturated heterocycles. The number of aliphatic carboxylic acids is 1. The Morgan fingerprint density at radius 3 is 3.08 bits per heavy atom. The summed E-state index contributed by atoms with van der Waals surface area (Å²) in [7, 11) is 0. The van der Waals surface area contributed by atoms with E-state index in [1.165, 1.54) is 0 Å². The van der Waals surface area contributed by atoms with Crippen molar-refractivity contribution in [2.45, 2.75) is 38.1 Å². The van der Waals surface area contributed by atoms with Crippen molar-refractivity contribution in [2.24, 2.45) is 0 Å². The van der Waals surface area contributed by atoms with Gasteiger partial charge in [-0.2, -0.15) is 0 Å². The molecule has 0 spiro atoms. The molecule has 1 aliphatic heterocycles. The number of rotatable bonds is 7. The van der Waals surface area contributed by atoms with Gasteiger partial charge in [-0.25, -0.2) is 9.97 Å². The van der Waals surface area contributed by atoms with E-state index in [0.29, 0.717) is 19.4 Å². The number of nitrogens with zero attached hydrogens (tertiary/aromatic N) is 3. The molecule has 24 heavy (non-hydrogen) atoms. The fourth-order valence-corrected chi connectivity index (χ4v) is 3.76. The molecule has 0 saturated carbocycles. The first-order valence-electron chi connectivity index (χ1n) is 8.11. The third-order valence-corrected chi connectivity index (χ3v) is 5.01. The average Bonchev–Trinajstić information content (AvgIpc) is 3.22. The van der Waals surface area contributed by atoms with Crippen LogP contribution in [0, 0.1) is 0 Å². The fraction of sp³-hybridized carbons (Fsp3) is 0.500. The van der Waals surface area contributed by atoms with Crippen LogP contribution in [0.3, 0.4) is 0 Å². The number of nitrogens with one attached hydrogen (secondary N) is 1. The number of aromatic nitrogens is 2. The minimum Gasteiger partial charge on any atom is -0.481 e. The molecule has 128 valence electrons. The predicted molar refractivity (Wildman–Crippen MR) is 92.3 cm³/mol. The summed E-state index contributed by atoms with van der Waals surface area (Å²) in [6, 6.07) is 1.77. The lowest BCUT2D eigenvalue weighted by Gasteiger charge is -2.25. The van der Waals surface area contributed by atoms with E-state index in [4.69, 9.17) is 5.11 Å². The van der Waals surface area contributed by atoms with Gasteiger partial charge in [-0.05, 0) is 37.1 Å². The molecule has 1 amide bonds. The molecule has 7 nitrogen and oxygen atoms in total. The standard InChI is InChI=1S/C16H20N4O3S/c21-13(22)5-1-2-7-17-15(23)12-4-3-8-20(12)14-11-6-9-24-16(11)19-10-18-14/h6,9-10,12H,1-5,7-8H2,(H,17,23)(H,21,22). The quantitative estimate of drug-likeness (QED) is 0.744. The summed E-state index contributed by atoms with van der Waals surface area (Å²) in [5, 5.41) is 14.5. The van der Waals surface area contributed by atoms with Crippen molar-refractivity contribution in [1.82, 2.24) is 15.3 Å². The predicted octanol–water partition coefficient (Wildman–Crippen LogP) is 2.03. The summed E-state index contributed by atoms with van der Waals surface area (Å²) in [6.07, 6.45) is 4.69. The van der Waals surface area contributed by atoms with Crippen LogP contribution >= 0.6 is 11.3 Å². The van der Waals surface area contributed by atoms with Crippen LogP contribution in [0.15, 0.2) is 17.8 Å². The Morgan fingerprint density at radius 2 is 2.25 bits per heavy atom. The molecule has 2 aromatic rings. The van der Waals surface area contributed by atoms with E-state index in [1.807, 2.05) is 11.4 Å². The summed E-state index contributed by atoms with van der Waals surface area (Å²) in [5.41, 5.74) is 0. The zero-order valence-corrected chi connectivity index (χ0v) is 14.1. The van der Waals surface area contributed by atoms with E-state index in [2.05, 4.69) is 20.2 Å². The van der Waals surface area contributed by atoms with E-state index in [0.717, 1.165) is 35.4 Å². The molecule has 0 bridgehead atoms. The van der Waals surface area contributed by atoms with Crippen LogP contribution in [0.5, 0.6) is 0 Å². The van der Waals surface area contributed by atoms with Crippen molar-refractivity contribution >= 4 is 39.2 Å². The van der Waals surface area contributed by atoms with Crippen molar-refractivity contribution in [2.75, 3.05) is 18.0 Å². The first kappa shape index (κ1) is 16.6. The number of anilines is 1. The number of carbonyl (C=O) groups excluding carboxylic acids is 1. The van der Waals surface area contributed by atoms with Crippen LogP contribution in [0.25, 0.3) is 10.2 Å². The van der Waals surface area contributed by atoms with Crippen LogP contribution in [0.2, 0.25) is 0 Å². The van der Waals surface area contributed by atoms with E-state index in [9.17, 15) is 9.59 Å². The monoisotopic (exact) mass is 348 g/mol. The van der Waals surface area contributed by atoms with Gasteiger partial charge in [-0.15, -0.1) is 11.3 Å². The molecule has 1 aliphatic rings. The average molecular weight is 348 g/mol. The van der Waals surface area contributed by atoms with Gasteiger partial charge in [-0.3, -0.25) is 9.59 Å². The second kappa shape index (κ2) is 7.57. The second-order valence-electron chi connectivity index (χ2n) is 5.83. The molecule has 0 aromatic carbocycles. The molecular formula is C16H20N4O3S. The number of hydrogen-bond donors (Lipinski definition) is 2. The molecule has 1 fully saturated rings. The van der Waals surface area contributed by atoms with Crippen LogP contribution in [-0.4, -0.2) is 46.1 Å². The Hall–Kier alpha value is -2.22. The van der Waals surface area contributed by atoms with Crippen molar-refractivity contribution in [3.8, 4) is 0 Å². The normalized spacial score (nSPS) is 17.3. The molecule has 0 aliphatic carbocycles. The Morgan fingerprint density at radius 1 is 1.38 bits per heavy atom. The van der Waals surface area contributed by atoms with E-state index >= 15 is 0 Å². The van der Waals surface area contributed by atoms with Crippen molar-refractivity contribution in [3.63, 3.8) is 0 Å². The highest BCUT2D eigenvalue weighted by Crippen LogP contribution is 2.31. The van der Waals surface area contributed by atoms with E-state index < -0.39 is 5.97 Å². The molecule has 3 heterocycles. The number of carboxylic acid groups (broad SMARTS) is 1. The number of hydrogen-bond acceptors (Lipinski definition) is 6. The Labute approximate surface area is 143 Å². The first-order chi connectivity index (χ1) is 11.7. The molecule has 0 radical (unpaired) electrons. The lowest BCUT2D eigenvalue weighted by atomic mass is 10.2. The van der Waals surface area contributed by atoms with Crippen molar-refractivity contribution in [1.29, 1.82) is 0 Å². The van der Waals surface area contributed by atoms with Gasteiger partial charge >= 0.3 is 5.97 Å². The summed E-state index contributed by atoms with van der Waals surface area (Å²) >= 11 is 1.57. The number of amides is 1. The summed E-state index contributed by atoms with van der Waals surface area (Å²) < 4.78 is 0. The van der Waals surface area contributed by atoms with Gasteiger partial charge in [0.15, 0.2) is 0 Å². The Bertz CT molecular complexity index is 733. The van der Waals surface area contributed by atoms with Crippen LogP contribution in [-0.2, 0) is 9.59 Å². The van der Waals surface area contributed by atoms with Crippen LogP contribution in [0.1, 0.15) is 32.1 Å². The maximum atomic E-state index is 12.5.